The summed E-state index contributed by atoms with van der Waals surface area (Å²) in [6, 6.07) is 4.67. The van der Waals surface area contributed by atoms with Crippen LogP contribution < -0.4 is 9.46 Å². The van der Waals surface area contributed by atoms with Crippen molar-refractivity contribution in [2.45, 2.75) is 44.4 Å². The molecule has 1 aromatic rings. The summed E-state index contributed by atoms with van der Waals surface area (Å²) in [5.74, 6) is -1.11. The van der Waals surface area contributed by atoms with Gasteiger partial charge in [-0.05, 0) is 32.9 Å². The van der Waals surface area contributed by atoms with Crippen molar-refractivity contribution in [1.29, 1.82) is 0 Å². The lowest BCUT2D eigenvalue weighted by Crippen LogP contribution is -2.42. The fourth-order valence-electron chi connectivity index (χ4n) is 1.96. The summed E-state index contributed by atoms with van der Waals surface area (Å²) in [5, 5.41) is 8.78. The van der Waals surface area contributed by atoms with E-state index in [-0.39, 0.29) is 6.42 Å². The highest BCUT2D eigenvalue weighted by molar-refractivity contribution is 9.10. The van der Waals surface area contributed by atoms with E-state index in [2.05, 4.69) is 20.7 Å². The first-order chi connectivity index (χ1) is 11.0. The maximum atomic E-state index is 12.4. The Morgan fingerprint density at radius 2 is 2.04 bits per heavy atom. The molecule has 0 aliphatic heterocycles. The van der Waals surface area contributed by atoms with Crippen molar-refractivity contribution in [3.8, 4) is 5.75 Å². The SMILES string of the molecule is COc1cc(Br)ccc1[C@H](CC(=O)CC(=O)O)N[S+]([O-])C(C)(C)C. The number of Topliss-reactive ketones (excluding diaryl/α,β-unsaturated/α-hetero) is 1. The number of ether oxygens (including phenoxy) is 1. The molecular formula is C16H22BrNO5S. The Hall–Kier alpha value is -1.09. The number of methoxy groups -OCH3 is 1. The smallest absolute Gasteiger partial charge is 0.310 e. The summed E-state index contributed by atoms with van der Waals surface area (Å²) < 4.78 is 21.0. The molecule has 1 rings (SSSR count). The van der Waals surface area contributed by atoms with Gasteiger partial charge in [0.2, 0.25) is 0 Å². The van der Waals surface area contributed by atoms with Crippen LogP contribution in [0.2, 0.25) is 0 Å². The number of halogens is 1. The van der Waals surface area contributed by atoms with Crippen LogP contribution in [0.5, 0.6) is 5.75 Å². The van der Waals surface area contributed by atoms with Crippen molar-refractivity contribution in [2.75, 3.05) is 7.11 Å². The van der Waals surface area contributed by atoms with Gasteiger partial charge in [-0.25, -0.2) is 0 Å². The molecule has 0 amide bonds. The van der Waals surface area contributed by atoms with Gasteiger partial charge in [-0.15, -0.1) is 4.72 Å². The number of ketones is 1. The highest BCUT2D eigenvalue weighted by Crippen LogP contribution is 2.32. The molecule has 2 atom stereocenters. The Kier molecular flexibility index (Phi) is 7.72. The molecule has 0 bridgehead atoms. The summed E-state index contributed by atoms with van der Waals surface area (Å²) in [5.41, 5.74) is 0.650. The van der Waals surface area contributed by atoms with Crippen molar-refractivity contribution in [3.63, 3.8) is 0 Å². The highest BCUT2D eigenvalue weighted by Gasteiger charge is 2.32. The quantitative estimate of drug-likeness (QED) is 0.496. The zero-order chi connectivity index (χ0) is 18.5. The maximum absolute atomic E-state index is 12.4. The van der Waals surface area contributed by atoms with E-state index in [4.69, 9.17) is 9.84 Å². The van der Waals surface area contributed by atoms with Crippen molar-refractivity contribution < 1.29 is 24.0 Å². The molecule has 0 radical (unpaired) electrons. The van der Waals surface area contributed by atoms with Crippen LogP contribution in [0.15, 0.2) is 22.7 Å². The van der Waals surface area contributed by atoms with E-state index < -0.39 is 40.3 Å². The minimum Gasteiger partial charge on any atom is -0.598 e. The van der Waals surface area contributed by atoms with E-state index in [9.17, 15) is 14.1 Å². The lowest BCUT2D eigenvalue weighted by molar-refractivity contribution is -0.140. The van der Waals surface area contributed by atoms with Crippen LogP contribution in [0.25, 0.3) is 0 Å². The van der Waals surface area contributed by atoms with Gasteiger partial charge in [0.25, 0.3) is 0 Å². The third-order valence-electron chi connectivity index (χ3n) is 3.16. The average Bonchev–Trinajstić information content (AvgIpc) is 2.44. The van der Waals surface area contributed by atoms with Crippen LogP contribution in [-0.2, 0) is 21.0 Å². The van der Waals surface area contributed by atoms with Gasteiger partial charge in [0.05, 0.1) is 13.2 Å². The number of hydrogen-bond acceptors (Lipinski definition) is 5. The number of aliphatic carboxylic acids is 1. The van der Waals surface area contributed by atoms with E-state index in [1.54, 1.807) is 18.2 Å². The Bertz CT molecular complexity index is 603. The number of hydrogen-bond donors (Lipinski definition) is 2. The van der Waals surface area contributed by atoms with Gasteiger partial charge < -0.3 is 14.4 Å². The van der Waals surface area contributed by atoms with Gasteiger partial charge in [0.1, 0.15) is 22.7 Å². The Balaban J connectivity index is 3.13. The molecule has 1 unspecified atom stereocenters. The van der Waals surface area contributed by atoms with Gasteiger partial charge >= 0.3 is 5.97 Å². The summed E-state index contributed by atoms with van der Waals surface area (Å²) in [4.78, 5) is 22.7. The van der Waals surface area contributed by atoms with Crippen molar-refractivity contribution >= 4 is 39.0 Å². The second-order valence-electron chi connectivity index (χ2n) is 6.25. The monoisotopic (exact) mass is 419 g/mol. The van der Waals surface area contributed by atoms with Gasteiger partial charge in [-0.2, -0.15) is 0 Å². The molecule has 0 saturated carbocycles. The molecule has 6 nitrogen and oxygen atoms in total. The predicted molar refractivity (Wildman–Crippen MR) is 96.3 cm³/mol. The van der Waals surface area contributed by atoms with Crippen molar-refractivity contribution in [2.24, 2.45) is 0 Å². The fraction of sp³-hybridized carbons (Fsp3) is 0.500. The number of carbonyl (C=O) groups is 2. The lowest BCUT2D eigenvalue weighted by atomic mass is 10.00. The van der Waals surface area contributed by atoms with E-state index in [1.807, 2.05) is 20.8 Å². The molecule has 0 saturated heterocycles. The van der Waals surface area contributed by atoms with Crippen LogP contribution >= 0.6 is 15.9 Å². The molecule has 1 aromatic carbocycles. The first-order valence-corrected chi connectivity index (χ1v) is 9.24. The van der Waals surface area contributed by atoms with Gasteiger partial charge in [-0.1, -0.05) is 22.0 Å². The Labute approximate surface area is 153 Å². The van der Waals surface area contributed by atoms with Crippen LogP contribution in [0.1, 0.15) is 45.2 Å². The molecule has 134 valence electrons. The molecule has 0 heterocycles. The second kappa shape index (κ2) is 8.84. The summed E-state index contributed by atoms with van der Waals surface area (Å²) in [6.07, 6.45) is -0.661. The average molecular weight is 420 g/mol. The van der Waals surface area contributed by atoms with E-state index in [1.165, 1.54) is 7.11 Å². The fourth-order valence-corrected chi connectivity index (χ4v) is 3.12. The summed E-state index contributed by atoms with van der Waals surface area (Å²) >= 11 is 1.92. The van der Waals surface area contributed by atoms with Gasteiger partial charge in [-0.3, -0.25) is 9.59 Å². The molecule has 0 spiro atoms. The molecule has 0 aliphatic rings. The Morgan fingerprint density at radius 3 is 2.54 bits per heavy atom. The van der Waals surface area contributed by atoms with Crippen molar-refractivity contribution in [1.82, 2.24) is 4.72 Å². The number of carboxylic acids is 1. The summed E-state index contributed by atoms with van der Waals surface area (Å²) in [6.45, 7) is 5.43. The first kappa shape index (κ1) is 21.0. The molecule has 8 heteroatoms. The molecular weight excluding hydrogens is 398 g/mol. The third kappa shape index (κ3) is 6.43. The lowest BCUT2D eigenvalue weighted by Gasteiger charge is -2.28. The Morgan fingerprint density at radius 1 is 1.42 bits per heavy atom. The first-order valence-electron chi connectivity index (χ1n) is 7.29. The standard InChI is InChI=1S/C16H22BrNO5S/c1-16(2,3)24(22)18-13(8-11(19)9-15(20)21)12-6-5-10(17)7-14(12)23-4/h5-7,13,18H,8-9H2,1-4H3,(H,20,21)/t13-,24?/m0/s1. The molecule has 0 aromatic heterocycles. The molecule has 0 aliphatic carbocycles. The number of carboxylic acid groups (broad SMARTS) is 1. The minimum atomic E-state index is -1.43. The van der Waals surface area contributed by atoms with E-state index in [0.717, 1.165) is 4.47 Å². The van der Waals surface area contributed by atoms with E-state index in [0.29, 0.717) is 11.3 Å². The normalized spacial score (nSPS) is 14.1. The number of benzene rings is 1. The largest absolute Gasteiger partial charge is 0.598 e. The zero-order valence-electron chi connectivity index (χ0n) is 14.1. The van der Waals surface area contributed by atoms with Crippen LogP contribution in [0.4, 0.5) is 0 Å². The van der Waals surface area contributed by atoms with E-state index >= 15 is 0 Å². The third-order valence-corrected chi connectivity index (χ3v) is 5.26. The summed E-state index contributed by atoms with van der Waals surface area (Å²) in [7, 11) is 1.50. The predicted octanol–water partition coefficient (Wildman–Crippen LogP) is 2.98. The number of carbonyl (C=O) groups excluding carboxylic acids is 1. The van der Waals surface area contributed by atoms with Gasteiger partial charge in [0.15, 0.2) is 0 Å². The van der Waals surface area contributed by atoms with Crippen LogP contribution in [0.3, 0.4) is 0 Å². The maximum Gasteiger partial charge on any atom is 0.310 e. The topological polar surface area (TPSA) is 98.7 Å². The van der Waals surface area contributed by atoms with Crippen LogP contribution in [-0.4, -0.2) is 33.3 Å². The van der Waals surface area contributed by atoms with Gasteiger partial charge in [0, 0.05) is 27.8 Å². The molecule has 24 heavy (non-hydrogen) atoms. The molecule has 2 N–H and O–H groups in total. The van der Waals surface area contributed by atoms with Crippen molar-refractivity contribution in [3.05, 3.63) is 28.2 Å². The highest BCUT2D eigenvalue weighted by atomic mass is 79.9. The zero-order valence-corrected chi connectivity index (χ0v) is 16.5. The molecule has 0 fully saturated rings. The minimum absolute atomic E-state index is 0.0912. The number of rotatable bonds is 8. The number of nitrogens with one attached hydrogen (secondary N) is 1. The second-order valence-corrected chi connectivity index (χ2v) is 9.16. The van der Waals surface area contributed by atoms with Crippen LogP contribution in [0, 0.1) is 0 Å².